The van der Waals surface area contributed by atoms with Crippen LogP contribution in [-0.4, -0.2) is 33.9 Å². The Bertz CT molecular complexity index is 985. The molecule has 140 valence electrons. The number of fused-ring (bicyclic) bond motifs is 1. The van der Waals surface area contributed by atoms with Crippen LogP contribution in [0.3, 0.4) is 0 Å². The van der Waals surface area contributed by atoms with Gasteiger partial charge in [0.2, 0.25) is 5.88 Å². The van der Waals surface area contributed by atoms with Crippen LogP contribution in [0.5, 0.6) is 5.88 Å². The van der Waals surface area contributed by atoms with Crippen molar-refractivity contribution in [3.8, 4) is 5.88 Å². The molecule has 0 aliphatic rings. The Hall–Kier alpha value is -3.49. The van der Waals surface area contributed by atoms with E-state index in [2.05, 4.69) is 5.10 Å². The molecule has 0 fully saturated rings. The maximum Gasteiger partial charge on any atom is 0.344 e. The molecular formula is C18H16FN3O5. The van der Waals surface area contributed by atoms with Crippen LogP contribution < -0.4 is 4.74 Å². The molecule has 2 aromatic carbocycles. The zero-order valence-electron chi connectivity index (χ0n) is 14.4. The number of ether oxygens (including phenoxy) is 2. The van der Waals surface area contributed by atoms with E-state index in [1.807, 2.05) is 0 Å². The summed E-state index contributed by atoms with van der Waals surface area (Å²) in [7, 11) is 0. The quantitative estimate of drug-likeness (QED) is 0.359. The van der Waals surface area contributed by atoms with Crippen molar-refractivity contribution in [2.24, 2.45) is 0 Å². The fourth-order valence-electron chi connectivity index (χ4n) is 2.57. The van der Waals surface area contributed by atoms with Gasteiger partial charge in [-0.15, -0.1) is 5.10 Å². The number of nitro groups is 1. The highest BCUT2D eigenvalue weighted by molar-refractivity contribution is 5.87. The second kappa shape index (κ2) is 7.81. The smallest absolute Gasteiger partial charge is 0.344 e. The van der Waals surface area contributed by atoms with Gasteiger partial charge in [-0.2, -0.15) is 0 Å². The molecule has 0 radical (unpaired) electrons. The molecule has 0 aliphatic carbocycles. The zero-order valence-corrected chi connectivity index (χ0v) is 14.4. The third kappa shape index (κ3) is 4.20. The maximum atomic E-state index is 13.1. The lowest BCUT2D eigenvalue weighted by Crippen LogP contribution is -2.15. The Kier molecular flexibility index (Phi) is 5.30. The average Bonchev–Trinajstić information content (AvgIpc) is 2.99. The van der Waals surface area contributed by atoms with E-state index in [9.17, 15) is 19.3 Å². The number of carbonyl (C=O) groups is 1. The van der Waals surface area contributed by atoms with Gasteiger partial charge >= 0.3 is 5.97 Å². The number of esters is 1. The molecule has 8 nitrogen and oxygen atoms in total. The van der Waals surface area contributed by atoms with Crippen molar-refractivity contribution in [3.63, 3.8) is 0 Å². The summed E-state index contributed by atoms with van der Waals surface area (Å²) in [5, 5.41) is 15.8. The number of halogens is 1. The van der Waals surface area contributed by atoms with E-state index in [1.54, 1.807) is 29.8 Å². The Labute approximate surface area is 153 Å². The molecule has 9 heteroatoms. The van der Waals surface area contributed by atoms with E-state index >= 15 is 0 Å². The molecule has 1 aromatic heterocycles. The van der Waals surface area contributed by atoms with Crippen LogP contribution in [0.25, 0.3) is 10.9 Å². The van der Waals surface area contributed by atoms with E-state index in [0.29, 0.717) is 17.4 Å². The van der Waals surface area contributed by atoms with Crippen molar-refractivity contribution in [1.82, 2.24) is 9.78 Å². The highest BCUT2D eigenvalue weighted by atomic mass is 19.1. The first kappa shape index (κ1) is 18.3. The molecule has 1 heterocycles. The Morgan fingerprint density at radius 3 is 2.67 bits per heavy atom. The molecule has 0 saturated carbocycles. The van der Waals surface area contributed by atoms with Gasteiger partial charge in [0.1, 0.15) is 5.82 Å². The van der Waals surface area contributed by atoms with E-state index in [1.165, 1.54) is 24.3 Å². The molecule has 0 unspecified atom stereocenters. The van der Waals surface area contributed by atoms with Crippen LogP contribution in [0, 0.1) is 15.9 Å². The van der Waals surface area contributed by atoms with Crippen LogP contribution in [0.15, 0.2) is 42.5 Å². The molecule has 0 spiro atoms. The second-order valence-corrected chi connectivity index (χ2v) is 5.64. The second-order valence-electron chi connectivity index (χ2n) is 5.64. The van der Waals surface area contributed by atoms with E-state index in [0.717, 1.165) is 5.56 Å². The lowest BCUT2D eigenvalue weighted by atomic mass is 10.2. The van der Waals surface area contributed by atoms with Crippen LogP contribution in [0.2, 0.25) is 0 Å². The van der Waals surface area contributed by atoms with Crippen molar-refractivity contribution in [2.45, 2.75) is 13.5 Å². The first-order valence-electron chi connectivity index (χ1n) is 8.15. The van der Waals surface area contributed by atoms with Crippen molar-refractivity contribution in [3.05, 3.63) is 64.0 Å². The van der Waals surface area contributed by atoms with Crippen molar-refractivity contribution in [2.75, 3.05) is 13.2 Å². The lowest BCUT2D eigenvalue weighted by molar-refractivity contribution is -0.384. The number of rotatable bonds is 7. The minimum Gasteiger partial charge on any atom is -0.464 e. The highest BCUT2D eigenvalue weighted by Crippen LogP contribution is 2.29. The van der Waals surface area contributed by atoms with Crippen molar-refractivity contribution in [1.29, 1.82) is 0 Å². The maximum absolute atomic E-state index is 13.1. The first-order chi connectivity index (χ1) is 13.0. The minimum atomic E-state index is -0.566. The topological polar surface area (TPSA) is 96.5 Å². The summed E-state index contributed by atoms with van der Waals surface area (Å²) in [5.41, 5.74) is 1.25. The van der Waals surface area contributed by atoms with Gasteiger partial charge in [0.05, 0.1) is 29.0 Å². The number of nitro benzene ring substituents is 1. The fourth-order valence-corrected chi connectivity index (χ4v) is 2.57. The van der Waals surface area contributed by atoms with E-state index in [-0.39, 0.29) is 30.6 Å². The molecule has 0 saturated heterocycles. The number of aromatic nitrogens is 2. The van der Waals surface area contributed by atoms with E-state index in [4.69, 9.17) is 9.47 Å². The van der Waals surface area contributed by atoms with Crippen LogP contribution in [-0.2, 0) is 16.1 Å². The van der Waals surface area contributed by atoms with Crippen LogP contribution in [0.4, 0.5) is 10.1 Å². The van der Waals surface area contributed by atoms with Crippen LogP contribution in [0.1, 0.15) is 12.5 Å². The predicted octanol–water partition coefficient (Wildman–Crippen LogP) is 3.07. The summed E-state index contributed by atoms with van der Waals surface area (Å²) in [6.45, 7) is 1.83. The number of hydrogen-bond acceptors (Lipinski definition) is 6. The van der Waals surface area contributed by atoms with E-state index < -0.39 is 10.9 Å². The first-order valence-corrected chi connectivity index (χ1v) is 8.15. The van der Waals surface area contributed by atoms with Gasteiger partial charge in [-0.05, 0) is 30.7 Å². The number of carbonyl (C=O) groups excluding carboxylic acids is 1. The minimum absolute atomic E-state index is 0.0869. The summed E-state index contributed by atoms with van der Waals surface area (Å²) in [4.78, 5) is 22.1. The molecular weight excluding hydrogens is 357 g/mol. The summed E-state index contributed by atoms with van der Waals surface area (Å²) >= 11 is 0. The summed E-state index contributed by atoms with van der Waals surface area (Å²) < 4.78 is 24.9. The molecule has 0 amide bonds. The monoisotopic (exact) mass is 373 g/mol. The Morgan fingerprint density at radius 1 is 1.26 bits per heavy atom. The molecule has 0 aliphatic heterocycles. The van der Waals surface area contributed by atoms with Gasteiger partial charge in [-0.3, -0.25) is 14.8 Å². The SMILES string of the molecule is CCOC(=O)COc1nn(Cc2ccc(F)cc2)c2ccc([N+](=O)[O-])cc12. The van der Waals surface area contributed by atoms with Gasteiger partial charge in [-0.1, -0.05) is 12.1 Å². The molecule has 3 rings (SSSR count). The summed E-state index contributed by atoms with van der Waals surface area (Å²) in [5.74, 6) is -0.828. The van der Waals surface area contributed by atoms with Gasteiger partial charge in [0.15, 0.2) is 6.61 Å². The third-order valence-electron chi connectivity index (χ3n) is 3.79. The lowest BCUT2D eigenvalue weighted by Gasteiger charge is -2.04. The number of benzene rings is 2. The standard InChI is InChI=1S/C18H16FN3O5/c1-2-26-17(23)11-27-18-15-9-14(22(24)25)7-8-16(15)21(20-18)10-12-3-5-13(19)6-4-12/h3-9H,2,10-11H2,1H3. The summed E-state index contributed by atoms with van der Waals surface area (Å²) in [6, 6.07) is 10.2. The Balaban J connectivity index is 1.96. The third-order valence-corrected chi connectivity index (χ3v) is 3.79. The van der Waals surface area contributed by atoms with Gasteiger partial charge in [-0.25, -0.2) is 9.18 Å². The van der Waals surface area contributed by atoms with Crippen molar-refractivity contribution < 1.29 is 23.6 Å². The number of hydrogen-bond donors (Lipinski definition) is 0. The molecule has 27 heavy (non-hydrogen) atoms. The van der Waals surface area contributed by atoms with Gasteiger partial charge in [0, 0.05) is 12.1 Å². The highest BCUT2D eigenvalue weighted by Gasteiger charge is 2.17. The zero-order chi connectivity index (χ0) is 19.4. The average molecular weight is 373 g/mol. The predicted molar refractivity (Wildman–Crippen MR) is 94.0 cm³/mol. The fraction of sp³-hybridized carbons (Fsp3) is 0.222. The van der Waals surface area contributed by atoms with Gasteiger partial charge < -0.3 is 9.47 Å². The van der Waals surface area contributed by atoms with Crippen molar-refractivity contribution >= 4 is 22.6 Å². The number of nitrogens with zero attached hydrogens (tertiary/aromatic N) is 3. The van der Waals surface area contributed by atoms with Gasteiger partial charge in [0.25, 0.3) is 5.69 Å². The molecule has 0 atom stereocenters. The molecule has 0 bridgehead atoms. The Morgan fingerprint density at radius 2 is 2.00 bits per heavy atom. The largest absolute Gasteiger partial charge is 0.464 e. The molecule has 0 N–H and O–H groups in total. The number of non-ortho nitro benzene ring substituents is 1. The summed E-state index contributed by atoms with van der Waals surface area (Å²) in [6.07, 6.45) is 0. The van der Waals surface area contributed by atoms with Crippen LogP contribution >= 0.6 is 0 Å². The molecule has 3 aromatic rings. The normalized spacial score (nSPS) is 10.7.